The molecule has 182 valence electrons. The molecule has 2 heterocycles. The van der Waals surface area contributed by atoms with Crippen LogP contribution in [0.15, 0.2) is 30.5 Å². The summed E-state index contributed by atoms with van der Waals surface area (Å²) in [5.74, 6) is 3.55. The molecule has 0 amide bonds. The molecule has 4 bridgehead atoms. The second-order valence-electron chi connectivity index (χ2n) is 10.9. The maximum absolute atomic E-state index is 11.7. The van der Waals surface area contributed by atoms with Gasteiger partial charge in [0.15, 0.2) is 9.84 Å². The number of rotatable bonds is 5. The third kappa shape index (κ3) is 4.24. The first kappa shape index (κ1) is 22.1. The van der Waals surface area contributed by atoms with Gasteiger partial charge in [0.05, 0.1) is 17.1 Å². The van der Waals surface area contributed by atoms with E-state index in [1.807, 2.05) is 37.4 Å². The number of aliphatic hydroxyl groups is 1. The van der Waals surface area contributed by atoms with Crippen molar-refractivity contribution in [1.82, 2.24) is 9.97 Å². The van der Waals surface area contributed by atoms with E-state index >= 15 is 0 Å². The predicted octanol–water partition coefficient (Wildman–Crippen LogP) is 3.11. The van der Waals surface area contributed by atoms with Gasteiger partial charge in [-0.05, 0) is 81.0 Å². The number of benzene rings is 1. The summed E-state index contributed by atoms with van der Waals surface area (Å²) in [5.41, 5.74) is 2.50. The van der Waals surface area contributed by atoms with Gasteiger partial charge < -0.3 is 20.6 Å². The number of sulfone groups is 1. The molecular weight excluding hydrogens is 450 g/mol. The molecule has 0 spiro atoms. The van der Waals surface area contributed by atoms with Gasteiger partial charge in [-0.25, -0.2) is 13.4 Å². The lowest BCUT2D eigenvalue weighted by Gasteiger charge is -2.58. The Kier molecular flexibility index (Phi) is 5.26. The van der Waals surface area contributed by atoms with E-state index in [9.17, 15) is 13.5 Å². The maximum atomic E-state index is 11.7. The second-order valence-corrected chi connectivity index (χ2v) is 13.2. The molecule has 5 fully saturated rings. The minimum Gasteiger partial charge on any atom is -0.390 e. The summed E-state index contributed by atoms with van der Waals surface area (Å²) in [6.07, 6.45) is 7.07. The van der Waals surface area contributed by atoms with Crippen LogP contribution in [0.4, 0.5) is 23.1 Å². The average molecular weight is 484 g/mol. The van der Waals surface area contributed by atoms with E-state index in [1.165, 1.54) is 12.8 Å². The molecule has 3 N–H and O–H groups in total. The first-order chi connectivity index (χ1) is 16.3. The van der Waals surface area contributed by atoms with Crippen molar-refractivity contribution in [2.45, 2.75) is 50.7 Å². The van der Waals surface area contributed by atoms with Gasteiger partial charge in [0.1, 0.15) is 5.82 Å². The molecule has 1 aliphatic heterocycles. The van der Waals surface area contributed by atoms with Crippen molar-refractivity contribution in [2.24, 2.45) is 17.8 Å². The number of nitrogens with one attached hydrogen (secondary N) is 2. The smallest absolute Gasteiger partial charge is 0.229 e. The van der Waals surface area contributed by atoms with Gasteiger partial charge in [-0.2, -0.15) is 4.98 Å². The number of aryl methyl sites for hydroxylation is 1. The Morgan fingerprint density at radius 3 is 2.38 bits per heavy atom. The Morgan fingerprint density at radius 2 is 1.74 bits per heavy atom. The van der Waals surface area contributed by atoms with Crippen molar-refractivity contribution in [2.75, 3.05) is 40.1 Å². The van der Waals surface area contributed by atoms with E-state index in [0.717, 1.165) is 42.0 Å². The Morgan fingerprint density at radius 1 is 1.06 bits per heavy atom. The molecule has 0 radical (unpaired) electrons. The molecule has 1 aromatic heterocycles. The van der Waals surface area contributed by atoms with Crippen LogP contribution in [-0.2, 0) is 9.84 Å². The fraction of sp³-hybridized carbons (Fsp3) is 0.600. The van der Waals surface area contributed by atoms with Crippen molar-refractivity contribution in [3.63, 3.8) is 0 Å². The summed E-state index contributed by atoms with van der Waals surface area (Å²) in [6.45, 7) is 3.10. The summed E-state index contributed by atoms with van der Waals surface area (Å²) in [5, 5.41) is 17.9. The Hall–Kier alpha value is -2.39. The molecule has 34 heavy (non-hydrogen) atoms. The zero-order valence-corrected chi connectivity index (χ0v) is 20.4. The highest BCUT2D eigenvalue weighted by molar-refractivity contribution is 7.91. The van der Waals surface area contributed by atoms with Crippen molar-refractivity contribution in [3.05, 3.63) is 36.0 Å². The lowest BCUT2D eigenvalue weighted by atomic mass is 9.52. The summed E-state index contributed by atoms with van der Waals surface area (Å²) in [6, 6.07) is 8.34. The molecule has 4 saturated carbocycles. The standard InChI is InChI=1S/C25H33N5O3S/c1-16-15-26-24(27-20-2-4-21(5-3-20)30-6-8-34(32,33)9-7-30)29-23(16)28-22-18-10-17-11-19(22)14-25(31,12-17)13-18/h2-5,15,17-19,22,31H,6-14H2,1H3,(H2,26,27,28,29)/t17?,18?,19?,22-,25-. The van der Waals surface area contributed by atoms with Crippen LogP contribution in [0.5, 0.6) is 0 Å². The van der Waals surface area contributed by atoms with Crippen LogP contribution in [0.25, 0.3) is 0 Å². The number of aromatic nitrogens is 2. The predicted molar refractivity (Wildman–Crippen MR) is 133 cm³/mol. The molecule has 4 aliphatic carbocycles. The zero-order valence-electron chi connectivity index (χ0n) is 19.6. The minimum absolute atomic E-state index is 0.211. The number of hydrogen-bond acceptors (Lipinski definition) is 8. The molecule has 1 aromatic carbocycles. The van der Waals surface area contributed by atoms with Crippen molar-refractivity contribution in [1.29, 1.82) is 0 Å². The largest absolute Gasteiger partial charge is 0.390 e. The van der Waals surface area contributed by atoms with Gasteiger partial charge >= 0.3 is 0 Å². The Balaban J connectivity index is 1.13. The van der Waals surface area contributed by atoms with Gasteiger partial charge in [-0.15, -0.1) is 0 Å². The van der Waals surface area contributed by atoms with Gasteiger partial charge in [0.2, 0.25) is 5.95 Å². The van der Waals surface area contributed by atoms with E-state index in [-0.39, 0.29) is 11.5 Å². The second kappa shape index (κ2) is 8.09. The number of nitrogens with zero attached hydrogens (tertiary/aromatic N) is 3. The van der Waals surface area contributed by atoms with Gasteiger partial charge in [0.25, 0.3) is 0 Å². The van der Waals surface area contributed by atoms with Crippen molar-refractivity contribution >= 4 is 33.0 Å². The van der Waals surface area contributed by atoms with Crippen LogP contribution in [0.1, 0.15) is 37.7 Å². The fourth-order valence-electron chi connectivity index (χ4n) is 6.88. The minimum atomic E-state index is -2.89. The molecule has 7 rings (SSSR count). The SMILES string of the molecule is Cc1cnc(Nc2ccc(N3CCS(=O)(=O)CC3)cc2)nc1N[C@H]1C2CC3CC1C[C@](O)(C3)C2. The molecule has 2 unspecified atom stereocenters. The Bertz CT molecular complexity index is 1160. The molecular formula is C25H33N5O3S. The van der Waals surface area contributed by atoms with E-state index in [1.54, 1.807) is 0 Å². The summed E-state index contributed by atoms with van der Waals surface area (Å²) in [7, 11) is -2.89. The normalized spacial score (nSPS) is 33.6. The van der Waals surface area contributed by atoms with E-state index in [0.29, 0.717) is 42.8 Å². The highest BCUT2D eigenvalue weighted by Crippen LogP contribution is 2.56. The molecule has 2 aromatic rings. The van der Waals surface area contributed by atoms with Gasteiger partial charge in [-0.1, -0.05) is 0 Å². The quantitative estimate of drug-likeness (QED) is 0.596. The summed E-state index contributed by atoms with van der Waals surface area (Å²) < 4.78 is 23.4. The van der Waals surface area contributed by atoms with Crippen LogP contribution in [0, 0.1) is 24.7 Å². The first-order valence-corrected chi connectivity index (χ1v) is 14.2. The molecule has 2 atom stereocenters. The third-order valence-corrected chi connectivity index (χ3v) is 9.96. The summed E-state index contributed by atoms with van der Waals surface area (Å²) in [4.78, 5) is 11.4. The lowest BCUT2D eigenvalue weighted by molar-refractivity contribution is -0.129. The topological polar surface area (TPSA) is 107 Å². The van der Waals surface area contributed by atoms with Gasteiger partial charge in [0, 0.05) is 42.3 Å². The Labute approximate surface area is 201 Å². The lowest BCUT2D eigenvalue weighted by Crippen LogP contribution is -2.59. The average Bonchev–Trinajstić information content (AvgIpc) is 2.78. The fourth-order valence-corrected chi connectivity index (χ4v) is 8.08. The number of hydrogen-bond donors (Lipinski definition) is 3. The van der Waals surface area contributed by atoms with Crippen LogP contribution in [0.2, 0.25) is 0 Å². The highest BCUT2D eigenvalue weighted by Gasteiger charge is 2.54. The van der Waals surface area contributed by atoms with Crippen LogP contribution in [-0.4, -0.2) is 59.7 Å². The van der Waals surface area contributed by atoms with Crippen LogP contribution < -0.4 is 15.5 Å². The van der Waals surface area contributed by atoms with Crippen LogP contribution >= 0.6 is 0 Å². The maximum Gasteiger partial charge on any atom is 0.229 e. The van der Waals surface area contributed by atoms with Crippen LogP contribution in [0.3, 0.4) is 0 Å². The molecule has 5 aliphatic rings. The monoisotopic (exact) mass is 483 g/mol. The number of anilines is 4. The summed E-state index contributed by atoms with van der Waals surface area (Å²) >= 11 is 0. The third-order valence-electron chi connectivity index (χ3n) is 8.35. The van der Waals surface area contributed by atoms with Gasteiger partial charge in [-0.3, -0.25) is 0 Å². The highest BCUT2D eigenvalue weighted by atomic mass is 32.2. The van der Waals surface area contributed by atoms with E-state index in [2.05, 4.69) is 20.5 Å². The van der Waals surface area contributed by atoms with Crippen molar-refractivity contribution in [3.8, 4) is 0 Å². The van der Waals surface area contributed by atoms with E-state index < -0.39 is 15.4 Å². The van der Waals surface area contributed by atoms with E-state index in [4.69, 9.17) is 4.98 Å². The van der Waals surface area contributed by atoms with Crippen molar-refractivity contribution < 1.29 is 13.5 Å². The zero-order chi connectivity index (χ0) is 23.5. The molecule has 8 nitrogen and oxygen atoms in total. The first-order valence-electron chi connectivity index (χ1n) is 12.4. The molecule has 1 saturated heterocycles. The molecule has 9 heteroatoms.